The van der Waals surface area contributed by atoms with Gasteiger partial charge in [-0.05, 0) is 68.1 Å². The van der Waals surface area contributed by atoms with Crippen LogP contribution < -0.4 is 5.73 Å². The van der Waals surface area contributed by atoms with Gasteiger partial charge in [-0.3, -0.25) is 14.7 Å². The summed E-state index contributed by atoms with van der Waals surface area (Å²) in [4.78, 5) is 21.6. The third-order valence-electron chi connectivity index (χ3n) is 7.34. The van der Waals surface area contributed by atoms with Crippen LogP contribution in [-0.4, -0.2) is 50.9 Å². The maximum Gasteiger partial charge on any atom is 0.241 e. The van der Waals surface area contributed by atoms with Crippen LogP contribution in [0.2, 0.25) is 0 Å². The highest BCUT2D eigenvalue weighted by molar-refractivity contribution is 5.84. The molecule has 5 rings (SSSR count). The topological polar surface area (TPSA) is 86.2 Å². The van der Waals surface area contributed by atoms with Crippen molar-refractivity contribution in [3.8, 4) is 6.07 Å². The Morgan fingerprint density at radius 2 is 1.93 bits per heavy atom. The lowest BCUT2D eigenvalue weighted by atomic mass is 9.84. The van der Waals surface area contributed by atoms with Crippen LogP contribution in [0.5, 0.6) is 0 Å². The number of nitrogens with two attached hydrogens (primary N) is 1. The predicted octanol–water partition coefficient (Wildman–Crippen LogP) is 1.66. The Bertz CT molecular complexity index is 748. The summed E-state index contributed by atoms with van der Waals surface area (Å²) in [6.45, 7) is 0.958. The van der Waals surface area contributed by atoms with Crippen LogP contribution in [0.1, 0.15) is 44.1 Å². The van der Waals surface area contributed by atoms with E-state index in [0.29, 0.717) is 18.0 Å². The average Bonchev–Trinajstić information content (AvgIpc) is 3.31. The fourth-order valence-electron chi connectivity index (χ4n) is 5.83. The highest BCUT2D eigenvalue weighted by Gasteiger charge is 2.55. The standard InChI is InChI=1S/C21H27N5O/c22-11-18-7-14-10-19(14)26(18)21(27)20(23)15-8-16-1-2-17(9-15)25(16)12-13-3-5-24-6-4-13/h3-6,14-20H,1-2,7-10,12,23H2. The molecule has 142 valence electrons. The number of hydrogen-bond donors (Lipinski definition) is 1. The van der Waals surface area contributed by atoms with Gasteiger partial charge >= 0.3 is 0 Å². The first-order chi connectivity index (χ1) is 13.2. The Balaban J connectivity index is 1.25. The maximum atomic E-state index is 13.1. The van der Waals surface area contributed by atoms with E-state index in [4.69, 9.17) is 5.73 Å². The summed E-state index contributed by atoms with van der Waals surface area (Å²) < 4.78 is 0. The van der Waals surface area contributed by atoms with Crippen LogP contribution in [0, 0.1) is 23.2 Å². The molecule has 4 heterocycles. The molecule has 3 aliphatic heterocycles. The van der Waals surface area contributed by atoms with Crippen molar-refractivity contribution in [1.29, 1.82) is 5.26 Å². The highest BCUT2D eigenvalue weighted by Crippen LogP contribution is 2.48. The average molecular weight is 365 g/mol. The summed E-state index contributed by atoms with van der Waals surface area (Å²) in [7, 11) is 0. The summed E-state index contributed by atoms with van der Waals surface area (Å²) in [6, 6.07) is 7.09. The van der Waals surface area contributed by atoms with Gasteiger partial charge in [0, 0.05) is 37.1 Å². The number of hydrogen-bond acceptors (Lipinski definition) is 5. The van der Waals surface area contributed by atoms with Gasteiger partial charge in [-0.1, -0.05) is 0 Å². The first-order valence-corrected chi connectivity index (χ1v) is 10.3. The van der Waals surface area contributed by atoms with Gasteiger partial charge in [-0.2, -0.15) is 5.26 Å². The summed E-state index contributed by atoms with van der Waals surface area (Å²) >= 11 is 0. The molecule has 1 aromatic rings. The molecule has 1 aromatic heterocycles. The molecule has 2 N–H and O–H groups in total. The van der Waals surface area contributed by atoms with Crippen LogP contribution >= 0.6 is 0 Å². The minimum atomic E-state index is -0.452. The lowest BCUT2D eigenvalue weighted by Crippen LogP contribution is -2.54. The van der Waals surface area contributed by atoms with Crippen molar-refractivity contribution in [2.24, 2.45) is 17.6 Å². The molecule has 6 heteroatoms. The molecule has 4 aliphatic rings. The second-order valence-electron chi connectivity index (χ2n) is 8.86. The number of amides is 1. The zero-order valence-electron chi connectivity index (χ0n) is 15.6. The Labute approximate surface area is 160 Å². The minimum Gasteiger partial charge on any atom is -0.322 e. The Morgan fingerprint density at radius 3 is 2.59 bits per heavy atom. The van der Waals surface area contributed by atoms with Gasteiger partial charge in [0.1, 0.15) is 6.04 Å². The third kappa shape index (κ3) is 2.94. The van der Waals surface area contributed by atoms with E-state index in [-0.39, 0.29) is 23.9 Å². The molecule has 1 saturated carbocycles. The molecule has 0 spiro atoms. The number of piperidine rings is 2. The maximum absolute atomic E-state index is 13.1. The van der Waals surface area contributed by atoms with Gasteiger partial charge in [0.15, 0.2) is 0 Å². The number of carbonyl (C=O) groups excluding carboxylic acids is 1. The number of nitriles is 1. The van der Waals surface area contributed by atoms with Crippen LogP contribution in [0.15, 0.2) is 24.5 Å². The van der Waals surface area contributed by atoms with Crippen molar-refractivity contribution in [1.82, 2.24) is 14.8 Å². The summed E-state index contributed by atoms with van der Waals surface area (Å²) in [5.74, 6) is 0.809. The predicted molar refractivity (Wildman–Crippen MR) is 100 cm³/mol. The summed E-state index contributed by atoms with van der Waals surface area (Å²) in [5, 5.41) is 9.39. The molecule has 6 unspecified atom stereocenters. The van der Waals surface area contributed by atoms with Gasteiger partial charge in [0.25, 0.3) is 0 Å². The fraction of sp³-hybridized carbons (Fsp3) is 0.667. The van der Waals surface area contributed by atoms with Crippen molar-refractivity contribution in [3.63, 3.8) is 0 Å². The van der Waals surface area contributed by atoms with Gasteiger partial charge in [-0.25, -0.2) is 0 Å². The molecule has 1 aliphatic carbocycles. The first kappa shape index (κ1) is 17.2. The number of rotatable bonds is 4. The normalized spacial score (nSPS) is 38.3. The molecular formula is C21H27N5O. The summed E-state index contributed by atoms with van der Waals surface area (Å²) in [6.07, 6.45) is 9.99. The van der Waals surface area contributed by atoms with Crippen LogP contribution in [-0.2, 0) is 11.3 Å². The van der Waals surface area contributed by atoms with Crippen LogP contribution in [0.25, 0.3) is 0 Å². The van der Waals surface area contributed by atoms with E-state index in [9.17, 15) is 10.1 Å². The zero-order valence-corrected chi connectivity index (χ0v) is 15.6. The lowest BCUT2D eigenvalue weighted by molar-refractivity contribution is -0.135. The van der Waals surface area contributed by atoms with Gasteiger partial charge in [0.2, 0.25) is 5.91 Å². The molecule has 0 aromatic carbocycles. The SMILES string of the molecule is N#CC1CC2CC2N1C(=O)C(N)C1CC2CCC(C1)N2Cc1ccncc1. The first-order valence-electron chi connectivity index (χ1n) is 10.3. The minimum absolute atomic E-state index is 0.0264. The number of carbonyl (C=O) groups is 1. The van der Waals surface area contributed by atoms with E-state index in [1.165, 1.54) is 18.4 Å². The Morgan fingerprint density at radius 1 is 1.22 bits per heavy atom. The summed E-state index contributed by atoms with van der Waals surface area (Å²) in [5.41, 5.74) is 7.79. The lowest BCUT2D eigenvalue weighted by Gasteiger charge is -2.41. The molecule has 0 radical (unpaired) electrons. The van der Waals surface area contributed by atoms with Gasteiger partial charge in [0.05, 0.1) is 12.1 Å². The van der Waals surface area contributed by atoms with Crippen molar-refractivity contribution in [2.45, 2.75) is 75.3 Å². The van der Waals surface area contributed by atoms with Crippen LogP contribution in [0.3, 0.4) is 0 Å². The Kier molecular flexibility index (Phi) is 4.18. The number of likely N-dealkylation sites (tertiary alicyclic amines) is 1. The Hall–Kier alpha value is -1.97. The third-order valence-corrected chi connectivity index (χ3v) is 7.34. The van der Waals surface area contributed by atoms with E-state index in [1.54, 1.807) is 0 Å². The van der Waals surface area contributed by atoms with E-state index in [1.807, 2.05) is 17.3 Å². The van der Waals surface area contributed by atoms with Crippen molar-refractivity contribution >= 4 is 5.91 Å². The molecular weight excluding hydrogens is 338 g/mol. The van der Waals surface area contributed by atoms with E-state index in [0.717, 1.165) is 32.2 Å². The fourth-order valence-corrected chi connectivity index (χ4v) is 5.83. The van der Waals surface area contributed by atoms with Crippen molar-refractivity contribution in [2.75, 3.05) is 0 Å². The number of fused-ring (bicyclic) bond motifs is 3. The second kappa shape index (κ2) is 6.57. The van der Waals surface area contributed by atoms with E-state index < -0.39 is 6.04 Å². The van der Waals surface area contributed by atoms with Crippen molar-refractivity contribution in [3.05, 3.63) is 30.1 Å². The zero-order chi connectivity index (χ0) is 18.5. The number of aromatic nitrogens is 1. The molecule has 3 saturated heterocycles. The van der Waals surface area contributed by atoms with Gasteiger partial charge < -0.3 is 10.6 Å². The number of nitrogens with zero attached hydrogens (tertiary/aromatic N) is 4. The molecule has 2 bridgehead atoms. The van der Waals surface area contributed by atoms with E-state index >= 15 is 0 Å². The molecule has 4 fully saturated rings. The largest absolute Gasteiger partial charge is 0.322 e. The van der Waals surface area contributed by atoms with E-state index in [2.05, 4.69) is 28.1 Å². The molecule has 6 atom stereocenters. The quantitative estimate of drug-likeness (QED) is 0.877. The smallest absolute Gasteiger partial charge is 0.241 e. The molecule has 1 amide bonds. The van der Waals surface area contributed by atoms with Crippen molar-refractivity contribution < 1.29 is 4.79 Å². The monoisotopic (exact) mass is 365 g/mol. The van der Waals surface area contributed by atoms with Crippen LogP contribution in [0.4, 0.5) is 0 Å². The molecule has 27 heavy (non-hydrogen) atoms. The van der Waals surface area contributed by atoms with Gasteiger partial charge in [-0.15, -0.1) is 0 Å². The highest BCUT2D eigenvalue weighted by atomic mass is 16.2. The second-order valence-corrected chi connectivity index (χ2v) is 8.86. The molecule has 6 nitrogen and oxygen atoms in total. The number of pyridine rings is 1.